The largest absolute Gasteiger partial charge is 0.497 e. The van der Waals surface area contributed by atoms with Crippen molar-refractivity contribution in [2.75, 3.05) is 19.5 Å². The van der Waals surface area contributed by atoms with E-state index in [1.54, 1.807) is 29.8 Å². The molecule has 0 saturated heterocycles. The van der Waals surface area contributed by atoms with Crippen LogP contribution < -0.4 is 10.1 Å². The number of fused-ring (bicyclic) bond motifs is 1. The van der Waals surface area contributed by atoms with E-state index in [4.69, 9.17) is 4.74 Å². The smallest absolute Gasteiger partial charge is 0.337 e. The van der Waals surface area contributed by atoms with Crippen molar-refractivity contribution in [3.63, 3.8) is 0 Å². The molecule has 2 heterocycles. The van der Waals surface area contributed by atoms with Crippen molar-refractivity contribution < 1.29 is 19.1 Å². The molecule has 2 aromatic carbocycles. The van der Waals surface area contributed by atoms with Gasteiger partial charge in [0.25, 0.3) is 11.9 Å². The molecule has 9 heteroatoms. The molecule has 146 valence electrons. The van der Waals surface area contributed by atoms with E-state index in [-0.39, 0.29) is 5.95 Å². The Hall–Kier alpha value is -3.72. The van der Waals surface area contributed by atoms with Crippen molar-refractivity contribution in [2.45, 2.75) is 0 Å². The van der Waals surface area contributed by atoms with Gasteiger partial charge in [0.05, 0.1) is 25.5 Å². The maximum atomic E-state index is 12.5. The first kappa shape index (κ1) is 18.6. The lowest BCUT2D eigenvalue weighted by atomic mass is 10.1. The number of aromatic nitrogens is 3. The number of thiazole rings is 1. The quantitative estimate of drug-likeness (QED) is 0.508. The van der Waals surface area contributed by atoms with Crippen LogP contribution in [0.1, 0.15) is 20.7 Å². The Kier molecular flexibility index (Phi) is 4.96. The SMILES string of the molecule is COC(=O)c1cccc(C(=O)Nc2nc3scc(-c4ccc(OC)cc4)n3n2)c1. The zero-order chi connectivity index (χ0) is 20.4. The molecule has 0 aliphatic rings. The molecule has 0 unspecified atom stereocenters. The van der Waals surface area contributed by atoms with E-state index in [1.165, 1.54) is 24.5 Å². The number of methoxy groups -OCH3 is 2. The Balaban J connectivity index is 1.58. The number of nitrogens with one attached hydrogen (secondary N) is 1. The number of anilines is 1. The molecule has 1 N–H and O–H groups in total. The second-order valence-corrected chi connectivity index (χ2v) is 6.84. The van der Waals surface area contributed by atoms with Gasteiger partial charge in [-0.05, 0) is 42.5 Å². The number of nitrogens with zero attached hydrogens (tertiary/aromatic N) is 3. The number of hydrogen-bond acceptors (Lipinski definition) is 7. The predicted octanol–water partition coefficient (Wildman–Crippen LogP) is 3.51. The molecule has 0 spiro atoms. The van der Waals surface area contributed by atoms with Crippen molar-refractivity contribution in [2.24, 2.45) is 0 Å². The maximum Gasteiger partial charge on any atom is 0.337 e. The predicted molar refractivity (Wildman–Crippen MR) is 109 cm³/mol. The highest BCUT2D eigenvalue weighted by Crippen LogP contribution is 2.27. The van der Waals surface area contributed by atoms with Gasteiger partial charge in [-0.2, -0.15) is 4.98 Å². The summed E-state index contributed by atoms with van der Waals surface area (Å²) in [7, 11) is 2.91. The lowest BCUT2D eigenvalue weighted by Crippen LogP contribution is -2.14. The summed E-state index contributed by atoms with van der Waals surface area (Å²) in [5.74, 6) is 0.0189. The van der Waals surface area contributed by atoms with Crippen LogP contribution in [-0.2, 0) is 4.74 Å². The summed E-state index contributed by atoms with van der Waals surface area (Å²) >= 11 is 1.42. The van der Waals surface area contributed by atoms with E-state index in [0.717, 1.165) is 17.0 Å². The van der Waals surface area contributed by atoms with Crippen LogP contribution in [0.3, 0.4) is 0 Å². The standard InChI is InChI=1S/C20H16N4O4S/c1-27-15-8-6-12(7-9-15)16-11-29-20-22-19(23-24(16)20)21-17(25)13-4-3-5-14(10-13)18(26)28-2/h3-11H,1-2H3,(H,21,23,25). The first-order chi connectivity index (χ1) is 14.1. The fourth-order valence-corrected chi connectivity index (χ4v) is 3.60. The van der Waals surface area contributed by atoms with Gasteiger partial charge < -0.3 is 9.47 Å². The molecule has 0 atom stereocenters. The van der Waals surface area contributed by atoms with Gasteiger partial charge in [-0.15, -0.1) is 16.4 Å². The summed E-state index contributed by atoms with van der Waals surface area (Å²) in [6, 6.07) is 13.8. The van der Waals surface area contributed by atoms with Crippen LogP contribution in [0.25, 0.3) is 16.2 Å². The Morgan fingerprint density at radius 1 is 1.07 bits per heavy atom. The summed E-state index contributed by atoms with van der Waals surface area (Å²) in [5.41, 5.74) is 2.40. The normalized spacial score (nSPS) is 10.7. The van der Waals surface area contributed by atoms with E-state index < -0.39 is 11.9 Å². The molecule has 0 aliphatic carbocycles. The molecular weight excluding hydrogens is 392 g/mol. The second kappa shape index (κ2) is 7.72. The zero-order valence-electron chi connectivity index (χ0n) is 15.6. The second-order valence-electron chi connectivity index (χ2n) is 6.01. The van der Waals surface area contributed by atoms with E-state index in [1.807, 2.05) is 29.6 Å². The number of amides is 1. The Labute approximate surface area is 169 Å². The van der Waals surface area contributed by atoms with Gasteiger partial charge in [-0.25, -0.2) is 9.31 Å². The minimum Gasteiger partial charge on any atom is -0.497 e. The lowest BCUT2D eigenvalue weighted by molar-refractivity contribution is 0.0600. The molecule has 0 fully saturated rings. The van der Waals surface area contributed by atoms with E-state index in [0.29, 0.717) is 16.1 Å². The van der Waals surface area contributed by atoms with Crippen LogP contribution in [0, 0.1) is 0 Å². The molecule has 1 amide bonds. The lowest BCUT2D eigenvalue weighted by Gasteiger charge is -2.04. The number of benzene rings is 2. The molecular formula is C20H16N4O4S. The fraction of sp³-hybridized carbons (Fsp3) is 0.100. The maximum absolute atomic E-state index is 12.5. The van der Waals surface area contributed by atoms with Crippen molar-refractivity contribution >= 4 is 34.1 Å². The van der Waals surface area contributed by atoms with Gasteiger partial charge in [-0.3, -0.25) is 10.1 Å². The van der Waals surface area contributed by atoms with Crippen molar-refractivity contribution in [1.82, 2.24) is 14.6 Å². The summed E-state index contributed by atoms with van der Waals surface area (Å²) in [6.07, 6.45) is 0. The van der Waals surface area contributed by atoms with Crippen LogP contribution >= 0.6 is 11.3 Å². The van der Waals surface area contributed by atoms with Crippen LogP contribution in [0.4, 0.5) is 5.95 Å². The third-order valence-electron chi connectivity index (χ3n) is 4.24. The topological polar surface area (TPSA) is 94.8 Å². The summed E-state index contributed by atoms with van der Waals surface area (Å²) in [6.45, 7) is 0. The van der Waals surface area contributed by atoms with Gasteiger partial charge in [0.1, 0.15) is 5.75 Å². The van der Waals surface area contributed by atoms with Gasteiger partial charge in [0, 0.05) is 16.5 Å². The zero-order valence-corrected chi connectivity index (χ0v) is 16.4. The van der Waals surface area contributed by atoms with Crippen molar-refractivity contribution in [1.29, 1.82) is 0 Å². The minimum atomic E-state index is -0.510. The molecule has 29 heavy (non-hydrogen) atoms. The average Bonchev–Trinajstić information content (AvgIpc) is 3.33. The molecule has 0 radical (unpaired) electrons. The molecule has 2 aromatic heterocycles. The number of carbonyl (C=O) groups is 2. The molecule has 8 nitrogen and oxygen atoms in total. The summed E-state index contributed by atoms with van der Waals surface area (Å²) < 4.78 is 11.5. The summed E-state index contributed by atoms with van der Waals surface area (Å²) in [5, 5.41) is 9.01. The van der Waals surface area contributed by atoms with E-state index >= 15 is 0 Å². The Morgan fingerprint density at radius 2 is 1.83 bits per heavy atom. The number of esters is 1. The molecule has 0 bridgehead atoms. The number of ether oxygens (including phenoxy) is 2. The van der Waals surface area contributed by atoms with Gasteiger partial charge >= 0.3 is 5.97 Å². The van der Waals surface area contributed by atoms with E-state index in [9.17, 15) is 9.59 Å². The highest BCUT2D eigenvalue weighted by atomic mass is 32.1. The number of hydrogen-bond donors (Lipinski definition) is 1. The molecule has 0 saturated carbocycles. The number of rotatable bonds is 5. The van der Waals surface area contributed by atoms with Crippen LogP contribution in [0.5, 0.6) is 5.75 Å². The molecule has 4 rings (SSSR count). The van der Waals surface area contributed by atoms with Crippen LogP contribution in [0.15, 0.2) is 53.9 Å². The van der Waals surface area contributed by atoms with E-state index in [2.05, 4.69) is 20.1 Å². The highest BCUT2D eigenvalue weighted by Gasteiger charge is 2.15. The average molecular weight is 408 g/mol. The monoisotopic (exact) mass is 408 g/mol. The van der Waals surface area contributed by atoms with Crippen LogP contribution in [-0.4, -0.2) is 40.7 Å². The van der Waals surface area contributed by atoms with Crippen molar-refractivity contribution in [3.05, 3.63) is 65.0 Å². The van der Waals surface area contributed by atoms with Gasteiger partial charge in [0.2, 0.25) is 4.96 Å². The Morgan fingerprint density at radius 3 is 2.55 bits per heavy atom. The van der Waals surface area contributed by atoms with Crippen LogP contribution in [0.2, 0.25) is 0 Å². The third kappa shape index (κ3) is 3.67. The first-order valence-corrected chi connectivity index (χ1v) is 9.45. The van der Waals surface area contributed by atoms with Crippen molar-refractivity contribution in [3.8, 4) is 17.0 Å². The fourth-order valence-electron chi connectivity index (χ4n) is 2.77. The molecule has 4 aromatic rings. The van der Waals surface area contributed by atoms with Gasteiger partial charge in [-0.1, -0.05) is 6.07 Å². The third-order valence-corrected chi connectivity index (χ3v) is 5.05. The highest BCUT2D eigenvalue weighted by molar-refractivity contribution is 7.15. The Bertz CT molecular complexity index is 1200. The number of carbonyl (C=O) groups excluding carboxylic acids is 2. The first-order valence-electron chi connectivity index (χ1n) is 8.57. The van der Waals surface area contributed by atoms with Gasteiger partial charge in [0.15, 0.2) is 0 Å². The molecule has 0 aliphatic heterocycles. The summed E-state index contributed by atoms with van der Waals surface area (Å²) in [4.78, 5) is 29.2. The minimum absolute atomic E-state index is 0.181.